The first kappa shape index (κ1) is 17.9. The fourth-order valence-corrected chi connectivity index (χ4v) is 0.129. The van der Waals surface area contributed by atoms with Gasteiger partial charge in [-0.2, -0.15) is 6.42 Å². The van der Waals surface area contributed by atoms with E-state index in [9.17, 15) is 4.79 Å². The summed E-state index contributed by atoms with van der Waals surface area (Å²) >= 11 is 0. The molecular weight excluding hydrogens is 149 g/mol. The molecule has 0 bridgehead atoms. The van der Waals surface area contributed by atoms with Gasteiger partial charge in [-0.1, -0.05) is 13.3 Å². The Morgan fingerprint density at radius 3 is 1.92 bits per heavy atom. The summed E-state index contributed by atoms with van der Waals surface area (Å²) in [5.74, 6) is -0.0949. The van der Waals surface area contributed by atoms with E-state index in [1.165, 1.54) is 20.5 Å². The first-order valence-corrected chi connectivity index (χ1v) is 3.67. The van der Waals surface area contributed by atoms with E-state index in [2.05, 4.69) is 18.7 Å². The molecule has 0 aliphatic heterocycles. The predicted octanol–water partition coefficient (Wildman–Crippen LogP) is -1.35. The average Bonchev–Trinajstić information content (AvgIpc) is 2.03. The van der Waals surface area contributed by atoms with E-state index >= 15 is 0 Å². The molecule has 0 rings (SSSR count). The Bertz CT molecular complexity index is 97.1. The zero-order valence-corrected chi connectivity index (χ0v) is 8.89. The van der Waals surface area contributed by atoms with Gasteiger partial charge in [-0.25, -0.2) is 5.06 Å². The third-order valence-corrected chi connectivity index (χ3v) is 1.07. The summed E-state index contributed by atoms with van der Waals surface area (Å²) in [6.45, 7) is 7.16. The molecule has 0 radical (unpaired) electrons. The minimum Gasteiger partial charge on any atom is -0.343 e. The first-order valence-electron chi connectivity index (χ1n) is 3.67. The predicted molar refractivity (Wildman–Crippen MR) is 45.7 cm³/mol. The van der Waals surface area contributed by atoms with E-state index in [0.717, 1.165) is 11.5 Å². The van der Waals surface area contributed by atoms with Gasteiger partial charge in [0.25, 0.3) is 0 Å². The number of rotatable bonds is 2. The number of carbonyl (C=O) groups excluding carboxylic acids is 1. The monoisotopic (exact) mass is 167 g/mol. The molecule has 0 aromatic heterocycles. The molecule has 0 aliphatic carbocycles. The number of amides is 1. The third kappa shape index (κ3) is 16.5. The summed E-state index contributed by atoms with van der Waals surface area (Å²) in [5.41, 5.74) is 0. The van der Waals surface area contributed by atoms with Crippen molar-refractivity contribution in [3.8, 4) is 0 Å². The molecule has 0 heterocycles. The van der Waals surface area contributed by atoms with Crippen molar-refractivity contribution in [2.75, 3.05) is 14.2 Å². The van der Waals surface area contributed by atoms with Crippen molar-refractivity contribution >= 4 is 5.91 Å². The topological polar surface area (TPSA) is 29.5 Å². The Kier molecular flexibility index (Phi) is 20.3. The van der Waals surface area contributed by atoms with Gasteiger partial charge in [0.15, 0.2) is 0 Å². The quantitative estimate of drug-likeness (QED) is 0.289. The standard InChI is InChI=1S/C4H9NO2.C4H9.Li/c1-4(6)5(2)7-3;1-3-4-2;/h1-3H3;1,3-4H2,2H3;/q;-1;+1. The van der Waals surface area contributed by atoms with Crippen LogP contribution in [0.2, 0.25) is 0 Å². The van der Waals surface area contributed by atoms with Crippen LogP contribution in [0.15, 0.2) is 0 Å². The molecule has 0 aromatic carbocycles. The molecule has 0 spiro atoms. The van der Waals surface area contributed by atoms with Crippen LogP contribution in [0.25, 0.3) is 0 Å². The third-order valence-electron chi connectivity index (χ3n) is 1.07. The number of hydrogen-bond acceptors (Lipinski definition) is 2. The van der Waals surface area contributed by atoms with Gasteiger partial charge in [0, 0.05) is 14.0 Å². The summed E-state index contributed by atoms with van der Waals surface area (Å²) in [7, 11) is 3.00. The summed E-state index contributed by atoms with van der Waals surface area (Å²) in [4.78, 5) is 14.7. The van der Waals surface area contributed by atoms with Crippen LogP contribution in [0, 0.1) is 6.92 Å². The van der Waals surface area contributed by atoms with Crippen molar-refractivity contribution in [2.24, 2.45) is 0 Å². The van der Waals surface area contributed by atoms with Crippen LogP contribution in [0.1, 0.15) is 26.7 Å². The number of hydroxylamine groups is 2. The van der Waals surface area contributed by atoms with Gasteiger partial charge in [0.2, 0.25) is 5.91 Å². The molecule has 3 nitrogen and oxygen atoms in total. The summed E-state index contributed by atoms with van der Waals surface area (Å²) in [6.07, 6.45) is 2.28. The van der Waals surface area contributed by atoms with E-state index in [-0.39, 0.29) is 24.8 Å². The zero-order valence-electron chi connectivity index (χ0n) is 8.89. The van der Waals surface area contributed by atoms with E-state index in [4.69, 9.17) is 0 Å². The molecule has 0 atom stereocenters. The number of unbranched alkanes of at least 4 members (excludes halogenated alkanes) is 1. The van der Waals surface area contributed by atoms with Crippen LogP contribution < -0.4 is 18.9 Å². The molecule has 0 aromatic rings. The van der Waals surface area contributed by atoms with Gasteiger partial charge in [0.05, 0.1) is 7.11 Å². The second-order valence-electron chi connectivity index (χ2n) is 2.05. The Morgan fingerprint density at radius 1 is 1.58 bits per heavy atom. The second kappa shape index (κ2) is 13.6. The maximum atomic E-state index is 10.2. The van der Waals surface area contributed by atoms with Crippen LogP contribution in [0.3, 0.4) is 0 Å². The number of nitrogens with zero attached hydrogens (tertiary/aromatic N) is 1. The van der Waals surface area contributed by atoms with Gasteiger partial charge in [-0.05, 0) is 0 Å². The second-order valence-corrected chi connectivity index (χ2v) is 2.05. The van der Waals surface area contributed by atoms with E-state index in [1.807, 2.05) is 0 Å². The van der Waals surface area contributed by atoms with Gasteiger partial charge < -0.3 is 6.92 Å². The van der Waals surface area contributed by atoms with Crippen molar-refractivity contribution in [3.63, 3.8) is 0 Å². The fraction of sp³-hybridized carbons (Fsp3) is 0.750. The van der Waals surface area contributed by atoms with Crippen molar-refractivity contribution in [1.82, 2.24) is 5.06 Å². The van der Waals surface area contributed by atoms with Crippen molar-refractivity contribution < 1.29 is 28.5 Å². The summed E-state index contributed by atoms with van der Waals surface area (Å²) in [6, 6.07) is 0. The number of hydrogen-bond donors (Lipinski definition) is 0. The maximum Gasteiger partial charge on any atom is 1.00 e. The molecule has 0 fully saturated rings. The van der Waals surface area contributed by atoms with E-state index in [1.54, 1.807) is 7.05 Å². The molecule has 0 N–H and O–H groups in total. The molecule has 12 heavy (non-hydrogen) atoms. The van der Waals surface area contributed by atoms with Crippen LogP contribution >= 0.6 is 0 Å². The maximum absolute atomic E-state index is 10.2. The van der Waals surface area contributed by atoms with Gasteiger partial charge in [-0.3, -0.25) is 9.63 Å². The minimum atomic E-state index is -0.0949. The van der Waals surface area contributed by atoms with Gasteiger partial charge in [0.1, 0.15) is 0 Å². The summed E-state index contributed by atoms with van der Waals surface area (Å²) < 4.78 is 0. The van der Waals surface area contributed by atoms with Crippen LogP contribution in [0.5, 0.6) is 0 Å². The molecule has 0 unspecified atom stereocenters. The van der Waals surface area contributed by atoms with Gasteiger partial charge >= 0.3 is 18.9 Å². The molecule has 68 valence electrons. The molecule has 0 saturated carbocycles. The van der Waals surface area contributed by atoms with E-state index < -0.39 is 0 Å². The van der Waals surface area contributed by atoms with Crippen molar-refractivity contribution in [2.45, 2.75) is 26.7 Å². The SMILES string of the molecule is CON(C)C(C)=O.[CH2-]CCC.[Li+]. The fourth-order valence-electron chi connectivity index (χ4n) is 0.129. The minimum absolute atomic E-state index is 0. The Morgan fingerprint density at radius 2 is 1.92 bits per heavy atom. The zero-order chi connectivity index (χ0) is 9.28. The largest absolute Gasteiger partial charge is 1.00 e. The van der Waals surface area contributed by atoms with Gasteiger partial charge in [-0.15, -0.1) is 0 Å². The molecule has 1 amide bonds. The van der Waals surface area contributed by atoms with Crippen LogP contribution in [-0.4, -0.2) is 25.1 Å². The van der Waals surface area contributed by atoms with E-state index in [0.29, 0.717) is 0 Å². The summed E-state index contributed by atoms with van der Waals surface area (Å²) in [5, 5.41) is 1.15. The van der Waals surface area contributed by atoms with Crippen molar-refractivity contribution in [1.29, 1.82) is 0 Å². The molecule has 0 aliphatic rings. The normalized spacial score (nSPS) is 7.42. The van der Waals surface area contributed by atoms with Crippen LogP contribution in [0.4, 0.5) is 0 Å². The number of carbonyl (C=O) groups is 1. The molecule has 0 saturated heterocycles. The smallest absolute Gasteiger partial charge is 0.343 e. The Labute approximate surface area is 87.6 Å². The average molecular weight is 167 g/mol. The first-order chi connectivity index (χ1) is 5.09. The Balaban J connectivity index is -0.000000142. The Hall–Kier alpha value is 0.0274. The van der Waals surface area contributed by atoms with Crippen molar-refractivity contribution in [3.05, 3.63) is 6.92 Å². The molecular formula is C8H18LiNO2. The molecule has 4 heteroatoms. The van der Waals surface area contributed by atoms with Crippen LogP contribution in [-0.2, 0) is 9.63 Å².